The minimum Gasteiger partial charge on any atom is -0.351 e. The zero-order valence-electron chi connectivity index (χ0n) is 19.1. The molecule has 0 saturated carbocycles. The van der Waals surface area contributed by atoms with Crippen molar-refractivity contribution in [3.05, 3.63) is 101 Å². The van der Waals surface area contributed by atoms with Crippen molar-refractivity contribution in [1.82, 2.24) is 20.1 Å². The van der Waals surface area contributed by atoms with E-state index in [1.165, 1.54) is 18.7 Å². The van der Waals surface area contributed by atoms with Crippen LogP contribution in [-0.4, -0.2) is 50.8 Å². The Bertz CT molecular complexity index is 1460. The fourth-order valence-corrected chi connectivity index (χ4v) is 4.38. The number of nitrogens with one attached hydrogen (secondary N) is 1. The summed E-state index contributed by atoms with van der Waals surface area (Å²) in [5, 5.41) is 10.6. The molecule has 1 aromatic heterocycles. The Kier molecular flexibility index (Phi) is 6.39. The van der Waals surface area contributed by atoms with Gasteiger partial charge in [0, 0.05) is 12.2 Å². The van der Waals surface area contributed by atoms with Crippen LogP contribution in [0, 0.1) is 0 Å². The number of hydrogen-bond donors (Lipinski definition) is 1. The van der Waals surface area contributed by atoms with Crippen LogP contribution in [0.5, 0.6) is 0 Å². The molecule has 0 spiro atoms. The second-order valence-electron chi connectivity index (χ2n) is 8.30. The van der Waals surface area contributed by atoms with E-state index in [9.17, 15) is 14.0 Å². The number of amides is 2. The third kappa shape index (κ3) is 4.52. The van der Waals surface area contributed by atoms with Crippen LogP contribution in [0.4, 0.5) is 4.39 Å². The number of fused-ring (bicyclic) bond motifs is 1. The molecule has 2 unspecified atom stereocenters. The highest BCUT2D eigenvalue weighted by Crippen LogP contribution is 2.28. The van der Waals surface area contributed by atoms with Crippen molar-refractivity contribution < 1.29 is 14.0 Å². The summed E-state index contributed by atoms with van der Waals surface area (Å²) in [7, 11) is 0. The molecule has 5 rings (SSSR count). The quantitative estimate of drug-likeness (QED) is 0.549. The van der Waals surface area contributed by atoms with Crippen molar-refractivity contribution in [2.75, 3.05) is 6.54 Å². The van der Waals surface area contributed by atoms with Gasteiger partial charge < -0.3 is 5.32 Å². The molecule has 0 fully saturated rings. The van der Waals surface area contributed by atoms with Gasteiger partial charge in [-0.2, -0.15) is 4.99 Å². The molecule has 1 aliphatic heterocycles. The first-order valence-electron chi connectivity index (χ1n) is 11.1. The van der Waals surface area contributed by atoms with Crippen LogP contribution in [0.3, 0.4) is 0 Å². The summed E-state index contributed by atoms with van der Waals surface area (Å²) < 4.78 is 16.3. The van der Waals surface area contributed by atoms with Crippen LogP contribution in [0.1, 0.15) is 28.8 Å². The largest absolute Gasteiger partial charge is 0.351 e. The van der Waals surface area contributed by atoms with Gasteiger partial charge in [0.25, 0.3) is 11.8 Å². The van der Waals surface area contributed by atoms with Crippen LogP contribution in [0.25, 0.3) is 5.69 Å². The molecule has 0 bridgehead atoms. The Hall–Kier alpha value is -4.24. The van der Waals surface area contributed by atoms with Crippen LogP contribution in [0.2, 0.25) is 5.02 Å². The first-order chi connectivity index (χ1) is 17.4. The maximum atomic E-state index is 14.7. The van der Waals surface area contributed by atoms with Crippen LogP contribution < -0.4 is 5.32 Å². The summed E-state index contributed by atoms with van der Waals surface area (Å²) in [4.78, 5) is 34.5. The summed E-state index contributed by atoms with van der Waals surface area (Å²) in [5.74, 6) is -1.39. The van der Waals surface area contributed by atoms with Gasteiger partial charge in [-0.25, -0.2) is 9.38 Å². The molecule has 2 atom stereocenters. The van der Waals surface area contributed by atoms with Crippen molar-refractivity contribution in [2.45, 2.75) is 19.0 Å². The number of allylic oxidation sites excluding steroid dienone is 3. The number of halogens is 2. The number of hydrogen-bond acceptors (Lipinski definition) is 5. The summed E-state index contributed by atoms with van der Waals surface area (Å²) in [6, 6.07) is 14.2. The minimum absolute atomic E-state index is 0.0462. The van der Waals surface area contributed by atoms with E-state index in [-0.39, 0.29) is 34.3 Å². The maximum absolute atomic E-state index is 14.7. The molecule has 1 N–H and O–H groups in total. The number of carbonyl (C=O) groups is 2. The van der Waals surface area contributed by atoms with E-state index in [0.717, 1.165) is 5.56 Å². The zero-order valence-corrected chi connectivity index (χ0v) is 19.9. The lowest BCUT2D eigenvalue weighted by Gasteiger charge is -2.24. The number of aromatic nitrogens is 3. The maximum Gasteiger partial charge on any atom is 0.280 e. The molecule has 0 saturated heterocycles. The molecule has 180 valence electrons. The molecule has 2 amide bonds. The SMILES string of the molecule is CC1=C2C(=O)N=C(C(CNC(=O)c3ccc(-n4cnnc4)cc3Cl)c3ccccc3)N=C2C(F)C=C1. The highest BCUT2D eigenvalue weighted by Gasteiger charge is 2.33. The van der Waals surface area contributed by atoms with Gasteiger partial charge in [-0.05, 0) is 42.3 Å². The van der Waals surface area contributed by atoms with E-state index in [1.54, 1.807) is 35.8 Å². The second-order valence-corrected chi connectivity index (χ2v) is 8.70. The summed E-state index contributed by atoms with van der Waals surface area (Å²) in [5.41, 5.74) is 2.60. The normalized spacial score (nSPS) is 17.9. The van der Waals surface area contributed by atoms with E-state index >= 15 is 0 Å². The molecule has 36 heavy (non-hydrogen) atoms. The summed E-state index contributed by atoms with van der Waals surface area (Å²) >= 11 is 6.39. The zero-order chi connectivity index (χ0) is 25.2. The fourth-order valence-electron chi connectivity index (χ4n) is 4.12. The van der Waals surface area contributed by atoms with Crippen molar-refractivity contribution in [2.24, 2.45) is 9.98 Å². The highest BCUT2D eigenvalue weighted by molar-refractivity contribution is 6.34. The second kappa shape index (κ2) is 9.79. The first-order valence-corrected chi connectivity index (χ1v) is 11.5. The fraction of sp³-hybridized carbons (Fsp3) is 0.154. The van der Waals surface area contributed by atoms with Crippen molar-refractivity contribution in [1.29, 1.82) is 0 Å². The number of amidine groups is 1. The van der Waals surface area contributed by atoms with Gasteiger partial charge in [-0.3, -0.25) is 14.2 Å². The number of rotatable bonds is 6. The smallest absolute Gasteiger partial charge is 0.280 e. The predicted octanol–water partition coefficient (Wildman–Crippen LogP) is 4.04. The van der Waals surface area contributed by atoms with Gasteiger partial charge in [0.15, 0.2) is 6.17 Å². The molecule has 3 aromatic rings. The van der Waals surface area contributed by atoms with Crippen LogP contribution in [0.15, 0.2) is 94.5 Å². The minimum atomic E-state index is -1.51. The Morgan fingerprint density at radius 3 is 2.61 bits per heavy atom. The molecule has 2 aromatic carbocycles. The van der Waals surface area contributed by atoms with Gasteiger partial charge in [-0.1, -0.05) is 48.0 Å². The van der Waals surface area contributed by atoms with Crippen LogP contribution in [-0.2, 0) is 4.79 Å². The Labute approximate surface area is 210 Å². The van der Waals surface area contributed by atoms with Gasteiger partial charge in [0.1, 0.15) is 18.5 Å². The topological polar surface area (TPSA) is 102 Å². The number of aliphatic imine (C=N–C) groups is 2. The predicted molar refractivity (Wildman–Crippen MR) is 134 cm³/mol. The number of carbonyl (C=O) groups excluding carboxylic acids is 2. The van der Waals surface area contributed by atoms with E-state index < -0.39 is 23.9 Å². The van der Waals surface area contributed by atoms with Gasteiger partial charge >= 0.3 is 0 Å². The average molecular weight is 503 g/mol. The number of benzene rings is 2. The third-order valence-electron chi connectivity index (χ3n) is 5.99. The van der Waals surface area contributed by atoms with Gasteiger partial charge in [0.05, 0.1) is 27.8 Å². The van der Waals surface area contributed by atoms with E-state index in [0.29, 0.717) is 11.3 Å². The van der Waals surface area contributed by atoms with Gasteiger partial charge in [0.2, 0.25) is 0 Å². The monoisotopic (exact) mass is 502 g/mol. The molecule has 0 radical (unpaired) electrons. The van der Waals surface area contributed by atoms with Crippen molar-refractivity contribution in [3.8, 4) is 5.69 Å². The molecule has 2 aliphatic rings. The van der Waals surface area contributed by atoms with E-state index in [1.807, 2.05) is 30.3 Å². The van der Waals surface area contributed by atoms with E-state index in [2.05, 4.69) is 25.5 Å². The molecule has 10 heteroatoms. The standard InChI is InChI=1S/C26H20ClFN6O2/c1-15-7-10-21(28)23-22(15)26(36)33-24(32-23)19(16-5-3-2-4-6-16)12-29-25(35)18-9-8-17(11-20(18)27)34-13-30-31-14-34/h2-11,13-14,19,21H,12H2,1H3,(H,29,35). The lowest BCUT2D eigenvalue weighted by molar-refractivity contribution is -0.114. The number of alkyl halides is 1. The first kappa shape index (κ1) is 23.5. The molecule has 8 nitrogen and oxygen atoms in total. The molecule has 1 aliphatic carbocycles. The Morgan fingerprint density at radius 1 is 1.14 bits per heavy atom. The summed E-state index contributed by atoms with van der Waals surface area (Å²) in [6.45, 7) is 1.79. The van der Waals surface area contributed by atoms with Crippen LogP contribution >= 0.6 is 11.6 Å². The lowest BCUT2D eigenvalue weighted by Crippen LogP contribution is -2.35. The highest BCUT2D eigenvalue weighted by atomic mass is 35.5. The van der Waals surface area contributed by atoms with E-state index in [4.69, 9.17) is 11.6 Å². The Morgan fingerprint density at radius 2 is 1.89 bits per heavy atom. The third-order valence-corrected chi connectivity index (χ3v) is 6.30. The molecular weight excluding hydrogens is 483 g/mol. The Balaban J connectivity index is 1.41. The summed E-state index contributed by atoms with van der Waals surface area (Å²) in [6.07, 6.45) is 4.46. The lowest BCUT2D eigenvalue weighted by atomic mass is 9.91. The van der Waals surface area contributed by atoms with Crippen molar-refractivity contribution in [3.63, 3.8) is 0 Å². The number of nitrogens with zero attached hydrogens (tertiary/aromatic N) is 5. The average Bonchev–Trinajstić information content (AvgIpc) is 3.42. The molecule has 2 heterocycles. The molecular formula is C26H20ClFN6O2. The van der Waals surface area contributed by atoms with Crippen molar-refractivity contribution >= 4 is 35.0 Å². The van der Waals surface area contributed by atoms with Gasteiger partial charge in [-0.15, -0.1) is 10.2 Å².